The van der Waals surface area contributed by atoms with Crippen molar-refractivity contribution in [3.8, 4) is 22.5 Å². The minimum absolute atomic E-state index is 0.0516. The SMILES string of the molecule is C/C=C/C[C@@H](C)[C@@H](O)[C@H]1C(=O)N[C@@H](CC)C(=O)N(C)C(Cc2ccc(C(=O)NCCCCCCNC(=O)c3ccc(-c4c5ccc(=[N+](C)C)cc-5oc5cc(N(C)C)ccc45)cc3)cc2)C(=O)N(C)[C@@H](CC(C)C)C(=O)N[C@@H](C(C)C)C(=O)N(C)[C@@H](CC(C)C)C(=O)N[C@@H](C)C(=O)N[C@H](C)C(=O)N(C)[C@@H](CC(C)C)C(=O)N(C)[C@@H](CC(C)C)C(=O)N(C)[C@@H](C(C)C)C(=O)N1C. The molecule has 0 spiro atoms. The van der Waals surface area contributed by atoms with Crippen molar-refractivity contribution in [3.05, 3.63) is 119 Å². The van der Waals surface area contributed by atoms with E-state index in [0.29, 0.717) is 42.6 Å². The smallest absolute Gasteiger partial charge is 0.251 e. The molecular weight excluding hydrogens is 1650 g/mol. The molecule has 1 unspecified atom stereocenters. The van der Waals surface area contributed by atoms with Gasteiger partial charge in [-0.25, -0.2) is 4.58 Å². The lowest BCUT2D eigenvalue weighted by atomic mass is 9.91. The first-order chi connectivity index (χ1) is 61.0. The normalized spacial score (nSPS) is 22.1. The fraction of sp³-hybridized carbons (Fsp3) is 0.600. The number of rotatable bonds is 28. The van der Waals surface area contributed by atoms with Crippen LogP contribution in [0.3, 0.4) is 0 Å². The molecule has 1 saturated heterocycles. The van der Waals surface area contributed by atoms with Crippen LogP contribution in [0.1, 0.15) is 208 Å². The third-order valence-corrected chi connectivity index (χ3v) is 24.9. The van der Waals surface area contributed by atoms with Gasteiger partial charge >= 0.3 is 0 Å². The molecule has 0 aromatic heterocycles. The van der Waals surface area contributed by atoms with E-state index in [0.717, 1.165) is 62.2 Å². The van der Waals surface area contributed by atoms with Crippen molar-refractivity contribution >= 4 is 93.4 Å². The fourth-order valence-corrected chi connectivity index (χ4v) is 16.8. The maximum atomic E-state index is 15.9. The molecule has 0 saturated carbocycles. The zero-order chi connectivity index (χ0) is 97.5. The van der Waals surface area contributed by atoms with E-state index >= 15 is 38.4 Å². The zero-order valence-electron chi connectivity index (χ0n) is 82.6. The van der Waals surface area contributed by atoms with Crippen LogP contribution in [-0.2, 0) is 59.2 Å². The highest BCUT2D eigenvalue weighted by molar-refractivity contribution is 6.05. The highest BCUT2D eigenvalue weighted by Gasteiger charge is 2.47. The summed E-state index contributed by atoms with van der Waals surface area (Å²) < 4.78 is 8.55. The molecule has 2 heterocycles. The van der Waals surface area contributed by atoms with E-state index in [1.807, 2.05) is 129 Å². The first kappa shape index (κ1) is 108. The number of nitrogens with zero attached hydrogens (tertiary/aromatic N) is 9. The molecule has 130 heavy (non-hydrogen) atoms. The number of aliphatic hydroxyl groups is 1. The third-order valence-electron chi connectivity index (χ3n) is 24.9. The molecule has 3 aromatic carbocycles. The molecule has 13 amide bonds. The molecule has 7 N–H and O–H groups in total. The van der Waals surface area contributed by atoms with Crippen LogP contribution in [0.5, 0.6) is 0 Å². The van der Waals surface area contributed by atoms with Crippen molar-refractivity contribution in [2.45, 2.75) is 261 Å². The van der Waals surface area contributed by atoms with Gasteiger partial charge in [0.1, 0.15) is 91.9 Å². The van der Waals surface area contributed by atoms with E-state index in [1.54, 1.807) is 84.9 Å². The van der Waals surface area contributed by atoms with Gasteiger partial charge in [0.15, 0.2) is 0 Å². The number of carbonyl (C=O) groups is 13. The Balaban J connectivity index is 1.32. The summed E-state index contributed by atoms with van der Waals surface area (Å²) in [6, 6.07) is 11.8. The Morgan fingerprint density at radius 2 is 0.954 bits per heavy atom. The number of fused-ring (bicyclic) bond motifs is 2. The summed E-state index contributed by atoms with van der Waals surface area (Å²) in [5.74, 6) is -10.6. The van der Waals surface area contributed by atoms with Gasteiger partial charge in [0.05, 0.1) is 12.2 Å². The average molecular weight is 1800 g/mol. The summed E-state index contributed by atoms with van der Waals surface area (Å²) in [6.45, 7) is 30.6. The number of benzene rings is 4. The number of carbonyl (C=O) groups excluding carboxylic acids is 13. The number of hydrogen-bond donors (Lipinski definition) is 7. The van der Waals surface area contributed by atoms with Crippen LogP contribution < -0.4 is 46.7 Å². The molecule has 6 rings (SSSR count). The van der Waals surface area contributed by atoms with E-state index in [4.69, 9.17) is 4.42 Å². The number of nitrogens with one attached hydrogen (secondary N) is 6. The van der Waals surface area contributed by atoms with Crippen LogP contribution >= 0.6 is 0 Å². The number of amides is 13. The lowest BCUT2D eigenvalue weighted by Gasteiger charge is -2.41. The van der Waals surface area contributed by atoms with Crippen LogP contribution in [0.25, 0.3) is 33.4 Å². The van der Waals surface area contributed by atoms with Gasteiger partial charge in [-0.15, -0.1) is 0 Å². The second kappa shape index (κ2) is 49.3. The molecule has 2 aliphatic heterocycles. The largest absolute Gasteiger partial charge is 0.456 e. The molecular formula is C100H152N15O15+. The van der Waals surface area contributed by atoms with Crippen molar-refractivity contribution in [2.24, 2.45) is 41.4 Å². The number of aliphatic hydroxyl groups excluding tert-OH is 1. The van der Waals surface area contributed by atoms with Gasteiger partial charge in [-0.1, -0.05) is 146 Å². The van der Waals surface area contributed by atoms with E-state index in [9.17, 15) is 29.1 Å². The molecule has 30 nitrogen and oxygen atoms in total. The maximum absolute atomic E-state index is 15.9. The van der Waals surface area contributed by atoms with E-state index in [2.05, 4.69) is 56.2 Å². The molecule has 0 radical (unpaired) electrons. The second-order valence-corrected chi connectivity index (χ2v) is 38.3. The lowest BCUT2D eigenvalue weighted by Crippen LogP contribution is -2.64. The lowest BCUT2D eigenvalue weighted by molar-refractivity contribution is -0.157. The molecule has 30 heteroatoms. The van der Waals surface area contributed by atoms with Crippen LogP contribution in [0.2, 0.25) is 0 Å². The van der Waals surface area contributed by atoms with E-state index < -0.39 is 155 Å². The fourth-order valence-electron chi connectivity index (χ4n) is 16.8. The monoisotopic (exact) mass is 1800 g/mol. The molecule has 716 valence electrons. The number of hydrogen-bond acceptors (Lipinski definition) is 16. The molecule has 1 aliphatic carbocycles. The Labute approximate surface area is 771 Å². The Bertz CT molecular complexity index is 4800. The predicted molar refractivity (Wildman–Crippen MR) is 510 cm³/mol. The minimum atomic E-state index is -1.71. The first-order valence-corrected chi connectivity index (χ1v) is 46.3. The zero-order valence-corrected chi connectivity index (χ0v) is 82.6. The summed E-state index contributed by atoms with van der Waals surface area (Å²) in [7, 11) is 17.9. The standard InChI is InChI=1S/C100H151N15O15/c1-29-31-36-64(15)87(116)86-93(122)105-75(30-2)95(124)112(25)80(55-67-37-39-69(40-38-67)89(118)101-49-34-32-33-35-50-102-90(119)70-43-41-68(42-44-70)83-73-47-45-71(107(18)19)56-81(73)130-82-57-72(108(20)21)46-48-74(82)83)97(126)109(22)77(52-59(5)6)92(121)106-84(62(11)12)99(128)110(23)76(51-58(3)4)91(120)103-65(16)88(117)104-66(17)94(123)111(24)78(53-60(7)8)96(125)113(26)79(54-61(9)10)98(127)114(27)85(63(13)14)100(129)115(86)28/h29,31,37-48,56-66,75-80,84-87,116H,30,32-36,49-55H2,1-28H3,(H5-,101,102,103,104,105,106,117,118,119,120,121,122)/p+1/b31-29+/t64-,65+,66-,75+,76+,77+,78+,79+,80?,84+,85+,86+,87-/m1/s1. The first-order valence-electron chi connectivity index (χ1n) is 46.3. The predicted octanol–water partition coefficient (Wildman–Crippen LogP) is 9.22. The Morgan fingerprint density at radius 1 is 0.492 bits per heavy atom. The van der Waals surface area contributed by atoms with Gasteiger partial charge in [-0.3, -0.25) is 62.3 Å². The Hall–Kier alpha value is -11.0. The number of unbranched alkanes of at least 4 members (excludes halogenated alkanes) is 3. The summed E-state index contributed by atoms with van der Waals surface area (Å²) in [4.78, 5) is 205. The van der Waals surface area contributed by atoms with Gasteiger partial charge in [-0.05, 0) is 167 Å². The number of anilines is 1. The van der Waals surface area contributed by atoms with Gasteiger partial charge in [0.25, 0.3) is 11.8 Å². The van der Waals surface area contributed by atoms with Gasteiger partial charge < -0.3 is 80.6 Å². The van der Waals surface area contributed by atoms with Crippen LogP contribution in [0.15, 0.2) is 101 Å². The topological polar surface area (TPSA) is 356 Å². The summed E-state index contributed by atoms with van der Waals surface area (Å²) in [6.07, 6.45) is 5.25. The summed E-state index contributed by atoms with van der Waals surface area (Å²) >= 11 is 0. The van der Waals surface area contributed by atoms with Crippen molar-refractivity contribution in [1.82, 2.24) is 70.8 Å². The van der Waals surface area contributed by atoms with Crippen LogP contribution in [0.4, 0.5) is 5.69 Å². The molecule has 3 aliphatic rings. The maximum Gasteiger partial charge on any atom is 0.251 e. The Morgan fingerprint density at radius 3 is 1.45 bits per heavy atom. The molecule has 3 aromatic rings. The minimum Gasteiger partial charge on any atom is -0.456 e. The van der Waals surface area contributed by atoms with E-state index in [1.165, 1.54) is 92.6 Å². The van der Waals surface area contributed by atoms with Gasteiger partial charge in [-0.2, -0.15) is 0 Å². The number of likely N-dealkylation sites (N-methyl/N-ethyl adjacent to an activating group) is 7. The molecule has 0 bridgehead atoms. The Kier molecular flexibility index (Phi) is 40.8. The average Bonchev–Trinajstić information content (AvgIpc) is 0.747. The molecule has 1 fully saturated rings. The highest BCUT2D eigenvalue weighted by atomic mass is 16.3. The van der Waals surface area contributed by atoms with Gasteiger partial charge in [0, 0.05) is 128 Å². The summed E-state index contributed by atoms with van der Waals surface area (Å²) in [5.41, 5.74) is 5.97. The number of allylic oxidation sites excluding steroid dienone is 2. The van der Waals surface area contributed by atoms with E-state index in [-0.39, 0.29) is 80.4 Å². The van der Waals surface area contributed by atoms with Crippen molar-refractivity contribution in [1.29, 1.82) is 0 Å². The third kappa shape index (κ3) is 28.2. The quantitative estimate of drug-likeness (QED) is 0.0106. The second-order valence-electron chi connectivity index (χ2n) is 38.3. The van der Waals surface area contributed by atoms with Crippen molar-refractivity contribution in [2.75, 3.05) is 95.5 Å². The van der Waals surface area contributed by atoms with Gasteiger partial charge in [0.2, 0.25) is 70.3 Å². The van der Waals surface area contributed by atoms with Crippen LogP contribution in [0, 0.1) is 41.4 Å². The van der Waals surface area contributed by atoms with Crippen LogP contribution in [-0.4, -0.2) is 279 Å². The van der Waals surface area contributed by atoms with Crippen molar-refractivity contribution in [3.63, 3.8) is 0 Å². The van der Waals surface area contributed by atoms with Crippen molar-refractivity contribution < 1.29 is 71.9 Å². The molecule has 13 atom stereocenters. The highest BCUT2D eigenvalue weighted by Crippen LogP contribution is 2.41. The summed E-state index contributed by atoms with van der Waals surface area (Å²) in [5, 5.41) is 31.8.